The number of ether oxygens (including phenoxy) is 1. The Labute approximate surface area is 203 Å². The van der Waals surface area contributed by atoms with E-state index in [-0.39, 0.29) is 17.3 Å². The Morgan fingerprint density at radius 3 is 2.74 bits per heavy atom. The fourth-order valence-corrected chi connectivity index (χ4v) is 7.57. The van der Waals surface area contributed by atoms with Crippen LogP contribution in [-0.4, -0.2) is 11.8 Å². The van der Waals surface area contributed by atoms with Crippen molar-refractivity contribution >= 4 is 11.8 Å². The number of benzene rings is 2. The van der Waals surface area contributed by atoms with Crippen molar-refractivity contribution in [1.82, 2.24) is 0 Å². The molecule has 3 aliphatic rings. The third-order valence-corrected chi connectivity index (χ3v) is 9.07. The van der Waals surface area contributed by atoms with E-state index in [4.69, 9.17) is 4.74 Å². The van der Waals surface area contributed by atoms with Crippen LogP contribution >= 0.6 is 0 Å². The summed E-state index contributed by atoms with van der Waals surface area (Å²) in [5, 5.41) is 0. The summed E-state index contributed by atoms with van der Waals surface area (Å²) < 4.78 is 5.75. The average molecular weight is 457 g/mol. The van der Waals surface area contributed by atoms with Crippen molar-refractivity contribution in [2.45, 2.75) is 64.7 Å². The first-order chi connectivity index (χ1) is 16.5. The van der Waals surface area contributed by atoms with E-state index >= 15 is 0 Å². The normalized spacial score (nSPS) is 31.8. The topological polar surface area (TPSA) is 43.4 Å². The molecule has 0 N–H and O–H groups in total. The molecule has 2 aromatic rings. The summed E-state index contributed by atoms with van der Waals surface area (Å²) in [6.07, 6.45) is 9.15. The smallest absolute Gasteiger partial charge is 0.343 e. The highest BCUT2D eigenvalue weighted by atomic mass is 16.5. The molecule has 178 valence electrons. The maximum atomic E-state index is 13.4. The lowest BCUT2D eigenvalue weighted by atomic mass is 9.52. The Kier molecular flexibility index (Phi) is 6.22. The summed E-state index contributed by atoms with van der Waals surface area (Å²) in [5.41, 5.74) is 3.13. The number of hydrogen-bond donors (Lipinski definition) is 0. The first-order valence-corrected chi connectivity index (χ1v) is 13.0. The van der Waals surface area contributed by atoms with Crippen LogP contribution in [0, 0.1) is 29.1 Å². The number of fused-ring (bicyclic) bond motifs is 5. The van der Waals surface area contributed by atoms with Gasteiger partial charge in [0.1, 0.15) is 11.5 Å². The quantitative estimate of drug-likeness (QED) is 0.263. The van der Waals surface area contributed by atoms with Crippen molar-refractivity contribution in [2.75, 3.05) is 0 Å². The minimum atomic E-state index is -0.314. The number of carbonyl (C=O) groups excluding carboxylic acids is 2. The van der Waals surface area contributed by atoms with Crippen LogP contribution in [0.2, 0.25) is 0 Å². The van der Waals surface area contributed by atoms with Gasteiger partial charge in [-0.1, -0.05) is 57.0 Å². The zero-order valence-corrected chi connectivity index (χ0v) is 20.5. The lowest BCUT2D eigenvalue weighted by Crippen LogP contribution is -2.46. The Morgan fingerprint density at radius 1 is 1.21 bits per heavy atom. The van der Waals surface area contributed by atoms with Gasteiger partial charge in [0.2, 0.25) is 0 Å². The van der Waals surface area contributed by atoms with Gasteiger partial charge in [0.15, 0.2) is 0 Å². The molecule has 4 unspecified atom stereocenters. The van der Waals surface area contributed by atoms with Crippen LogP contribution in [0.1, 0.15) is 79.8 Å². The van der Waals surface area contributed by atoms with Gasteiger partial charge in [-0.3, -0.25) is 4.79 Å². The van der Waals surface area contributed by atoms with Gasteiger partial charge in [-0.05, 0) is 91.2 Å². The number of carbonyl (C=O) groups is 2. The third-order valence-electron chi connectivity index (χ3n) is 9.07. The van der Waals surface area contributed by atoms with Gasteiger partial charge < -0.3 is 4.74 Å². The zero-order chi connectivity index (χ0) is 23.9. The van der Waals surface area contributed by atoms with Crippen molar-refractivity contribution in [1.29, 1.82) is 0 Å². The minimum absolute atomic E-state index is 0.148. The van der Waals surface area contributed by atoms with E-state index < -0.39 is 0 Å². The van der Waals surface area contributed by atoms with Crippen molar-refractivity contribution < 1.29 is 14.3 Å². The van der Waals surface area contributed by atoms with Crippen LogP contribution in [0.4, 0.5) is 0 Å². The van der Waals surface area contributed by atoms with E-state index in [1.54, 1.807) is 12.1 Å². The summed E-state index contributed by atoms with van der Waals surface area (Å²) in [6, 6.07) is 15.4. The SMILES string of the molecule is C=CC[C@@H]1CC2C3C(CCC)Cc4cc(OC(=O)c5ccccc5)ccc4C3CC[C@]2(C)C1=O. The number of rotatable bonds is 6. The largest absolute Gasteiger partial charge is 0.423 e. The van der Waals surface area contributed by atoms with Gasteiger partial charge in [-0.15, -0.1) is 6.58 Å². The summed E-state index contributed by atoms with van der Waals surface area (Å²) >= 11 is 0. The lowest BCUT2D eigenvalue weighted by Gasteiger charge is -2.51. The predicted molar refractivity (Wildman–Crippen MR) is 135 cm³/mol. The van der Waals surface area contributed by atoms with Crippen LogP contribution in [0.15, 0.2) is 61.2 Å². The van der Waals surface area contributed by atoms with Crippen LogP contribution in [0.25, 0.3) is 0 Å². The van der Waals surface area contributed by atoms with Crippen molar-refractivity contribution in [3.05, 3.63) is 77.9 Å². The molecule has 0 amide bonds. The van der Waals surface area contributed by atoms with E-state index in [0.717, 1.165) is 38.5 Å². The Bertz CT molecular complexity index is 1090. The van der Waals surface area contributed by atoms with Crippen molar-refractivity contribution in [3.8, 4) is 5.75 Å². The molecule has 0 heterocycles. The summed E-state index contributed by atoms with van der Waals surface area (Å²) in [4.78, 5) is 26.0. The second-order valence-electron chi connectivity index (χ2n) is 10.9. The van der Waals surface area contributed by atoms with Gasteiger partial charge in [0.05, 0.1) is 5.56 Å². The fraction of sp³-hybridized carbons (Fsp3) is 0.484. The molecule has 0 saturated heterocycles. The maximum absolute atomic E-state index is 13.4. The number of allylic oxidation sites excluding steroid dienone is 1. The maximum Gasteiger partial charge on any atom is 0.343 e. The highest BCUT2D eigenvalue weighted by molar-refractivity contribution is 5.91. The second-order valence-corrected chi connectivity index (χ2v) is 10.9. The van der Waals surface area contributed by atoms with Gasteiger partial charge in [-0.2, -0.15) is 0 Å². The minimum Gasteiger partial charge on any atom is -0.423 e. The molecule has 0 aromatic heterocycles. The predicted octanol–water partition coefficient (Wildman–Crippen LogP) is 7.16. The number of ketones is 1. The molecular weight excluding hydrogens is 420 g/mol. The van der Waals surface area contributed by atoms with Crippen LogP contribution < -0.4 is 4.74 Å². The van der Waals surface area contributed by atoms with Crippen LogP contribution in [-0.2, 0) is 11.2 Å². The highest BCUT2D eigenvalue weighted by Crippen LogP contribution is 2.63. The van der Waals surface area contributed by atoms with Crippen LogP contribution in [0.3, 0.4) is 0 Å². The van der Waals surface area contributed by atoms with Gasteiger partial charge >= 0.3 is 5.97 Å². The Balaban J connectivity index is 1.44. The molecule has 6 atom stereocenters. The lowest BCUT2D eigenvalue weighted by molar-refractivity contribution is -0.132. The monoisotopic (exact) mass is 456 g/mol. The van der Waals surface area contributed by atoms with Gasteiger partial charge in [0, 0.05) is 11.3 Å². The molecule has 0 aliphatic heterocycles. The molecular formula is C31H36O3. The molecule has 0 spiro atoms. The van der Waals surface area contributed by atoms with Crippen LogP contribution in [0.5, 0.6) is 5.75 Å². The van der Waals surface area contributed by atoms with E-state index in [1.165, 1.54) is 17.5 Å². The zero-order valence-electron chi connectivity index (χ0n) is 20.5. The van der Waals surface area contributed by atoms with E-state index in [0.29, 0.717) is 40.8 Å². The molecule has 5 rings (SSSR count). The summed E-state index contributed by atoms with van der Waals surface area (Å²) in [5.74, 6) is 3.03. The summed E-state index contributed by atoms with van der Waals surface area (Å²) in [6.45, 7) is 8.44. The second kappa shape index (κ2) is 9.17. The molecule has 2 fully saturated rings. The number of hydrogen-bond acceptors (Lipinski definition) is 3. The average Bonchev–Trinajstić information content (AvgIpc) is 3.10. The van der Waals surface area contributed by atoms with E-state index in [1.807, 2.05) is 30.3 Å². The molecule has 34 heavy (non-hydrogen) atoms. The standard InChI is InChI=1S/C31H36O3/c1-4-9-21-17-23-18-24(34-30(33)20-11-7-6-8-12-20)13-14-25(23)26-15-16-31(3)27(28(21)26)19-22(10-5-2)29(31)32/h5-8,11-14,18,21-22,26-28H,2,4,9-10,15-17,19H2,1,3H3/t21?,22-,26?,27?,28?,31+/m1/s1. The number of esters is 1. The molecule has 0 radical (unpaired) electrons. The Hall–Kier alpha value is -2.68. The first kappa shape index (κ1) is 23.1. The third kappa shape index (κ3) is 3.83. The number of Topliss-reactive ketones (excluding diaryl/α,β-unsaturated/α-hetero) is 1. The molecule has 3 heteroatoms. The Morgan fingerprint density at radius 2 is 2.00 bits per heavy atom. The van der Waals surface area contributed by atoms with Crippen molar-refractivity contribution in [2.24, 2.45) is 29.1 Å². The first-order valence-electron chi connectivity index (χ1n) is 13.0. The molecule has 2 aromatic carbocycles. The highest BCUT2D eigenvalue weighted by Gasteiger charge is 2.59. The summed E-state index contributed by atoms with van der Waals surface area (Å²) in [7, 11) is 0. The van der Waals surface area contributed by atoms with Gasteiger partial charge in [-0.25, -0.2) is 4.79 Å². The fourth-order valence-electron chi connectivity index (χ4n) is 7.57. The molecule has 3 aliphatic carbocycles. The molecule has 3 nitrogen and oxygen atoms in total. The molecule has 2 saturated carbocycles. The molecule has 0 bridgehead atoms. The van der Waals surface area contributed by atoms with Gasteiger partial charge in [0.25, 0.3) is 0 Å². The van der Waals surface area contributed by atoms with Crippen molar-refractivity contribution in [3.63, 3.8) is 0 Å². The van der Waals surface area contributed by atoms with E-state index in [9.17, 15) is 9.59 Å². The van der Waals surface area contributed by atoms with E-state index in [2.05, 4.69) is 32.6 Å².